The van der Waals surface area contributed by atoms with E-state index < -0.39 is 17.9 Å². The lowest BCUT2D eigenvalue weighted by molar-refractivity contribution is -0.151. The van der Waals surface area contributed by atoms with Crippen LogP contribution in [0, 0.1) is 0 Å². The second-order valence-electron chi connectivity index (χ2n) is 3.41. The first-order valence-electron chi connectivity index (χ1n) is 5.04. The number of aromatic nitrogens is 4. The lowest BCUT2D eigenvalue weighted by atomic mass is 10.3. The van der Waals surface area contributed by atoms with Gasteiger partial charge in [-0.2, -0.15) is 23.1 Å². The quantitative estimate of drug-likeness (QED) is 0.584. The molecule has 0 bridgehead atoms. The maximum Gasteiger partial charge on any atom is 0.474 e. The lowest BCUT2D eigenvalue weighted by Crippen LogP contribution is -2.37. The summed E-state index contributed by atoms with van der Waals surface area (Å²) in [4.78, 5) is 24.3. The molecule has 3 N–H and O–H groups in total. The first kappa shape index (κ1) is 14.2. The number of hydrazine groups is 1. The maximum atomic E-state index is 12.0. The maximum absolute atomic E-state index is 12.0. The monoisotopic (exact) mass is 306 g/mol. The minimum Gasteiger partial charge on any atom is -0.288 e. The minimum absolute atomic E-state index is 0.109. The van der Waals surface area contributed by atoms with E-state index in [0.29, 0.717) is 0 Å². The molecule has 0 saturated carbocycles. The van der Waals surface area contributed by atoms with Crippen LogP contribution in [0.25, 0.3) is 11.5 Å². The van der Waals surface area contributed by atoms with E-state index in [-0.39, 0.29) is 16.5 Å². The van der Waals surface area contributed by atoms with Crippen LogP contribution in [0.2, 0.25) is 5.02 Å². The summed E-state index contributed by atoms with van der Waals surface area (Å²) >= 11 is 5.85. The Morgan fingerprint density at radius 1 is 1.30 bits per heavy atom. The Balaban J connectivity index is 2.35. The second-order valence-corrected chi connectivity index (χ2v) is 3.81. The average Bonchev–Trinajstić information content (AvgIpc) is 2.35. The van der Waals surface area contributed by atoms with Crippen molar-refractivity contribution in [2.24, 2.45) is 0 Å². The molecule has 0 amide bonds. The number of halogens is 4. The fraction of sp³-hybridized carbons (Fsp3) is 0.111. The van der Waals surface area contributed by atoms with E-state index in [1.165, 1.54) is 12.3 Å². The van der Waals surface area contributed by atoms with E-state index in [4.69, 9.17) is 11.6 Å². The van der Waals surface area contributed by atoms with Gasteiger partial charge >= 0.3 is 12.0 Å². The number of H-pyrrole nitrogens is 1. The van der Waals surface area contributed by atoms with E-state index >= 15 is 0 Å². The van der Waals surface area contributed by atoms with Crippen molar-refractivity contribution in [2.75, 3.05) is 5.43 Å². The fourth-order valence-electron chi connectivity index (χ4n) is 1.24. The van der Waals surface area contributed by atoms with Gasteiger partial charge < -0.3 is 0 Å². The van der Waals surface area contributed by atoms with Crippen LogP contribution in [0.15, 0.2) is 23.1 Å². The highest BCUT2D eigenvalue weighted by atomic mass is 35.5. The van der Waals surface area contributed by atoms with E-state index in [9.17, 15) is 18.0 Å². The third-order valence-corrected chi connectivity index (χ3v) is 2.25. The number of nitrogens with one attached hydrogen (secondary N) is 3. The van der Waals surface area contributed by atoms with Crippen molar-refractivity contribution in [3.63, 3.8) is 0 Å². The number of anilines is 1. The molecule has 0 atom stereocenters. The van der Waals surface area contributed by atoms with Crippen LogP contribution in [0.1, 0.15) is 0 Å². The Kier molecular flexibility index (Phi) is 3.86. The average molecular weight is 307 g/mol. The summed E-state index contributed by atoms with van der Waals surface area (Å²) in [5.41, 5.74) is 1.86. The van der Waals surface area contributed by atoms with Gasteiger partial charge in [-0.15, -0.1) is 5.43 Å². The van der Waals surface area contributed by atoms with Crippen molar-refractivity contribution in [3.8, 4) is 11.5 Å². The largest absolute Gasteiger partial charge is 0.474 e. The highest BCUT2D eigenvalue weighted by Crippen LogP contribution is 2.21. The van der Waals surface area contributed by atoms with Crippen molar-refractivity contribution in [3.05, 3.63) is 33.8 Å². The van der Waals surface area contributed by atoms with E-state index in [1.807, 2.05) is 0 Å². The molecule has 106 valence electrons. The summed E-state index contributed by atoms with van der Waals surface area (Å²) in [6.45, 7) is 0. The summed E-state index contributed by atoms with van der Waals surface area (Å²) in [5.74, 6) is -0.676. The number of nitrogens with zero attached hydrogens (tertiary/aromatic N) is 3. The molecule has 11 heteroatoms. The van der Waals surface area contributed by atoms with Crippen molar-refractivity contribution in [2.45, 2.75) is 6.30 Å². The van der Waals surface area contributed by atoms with Crippen molar-refractivity contribution in [1.82, 2.24) is 25.4 Å². The number of rotatable bonds is 3. The Morgan fingerprint density at radius 3 is 2.70 bits per heavy atom. The van der Waals surface area contributed by atoms with Gasteiger partial charge in [-0.25, -0.2) is 4.79 Å². The Morgan fingerprint density at radius 2 is 2.05 bits per heavy atom. The van der Waals surface area contributed by atoms with Crippen molar-refractivity contribution < 1.29 is 13.2 Å². The highest BCUT2D eigenvalue weighted by molar-refractivity contribution is 6.32. The fourth-order valence-corrected chi connectivity index (χ4v) is 1.45. The van der Waals surface area contributed by atoms with E-state index in [2.05, 4.69) is 19.9 Å². The Labute approximate surface area is 114 Å². The van der Waals surface area contributed by atoms with Gasteiger partial charge in [0.1, 0.15) is 5.69 Å². The van der Waals surface area contributed by atoms with Crippen LogP contribution in [0.4, 0.5) is 19.1 Å². The molecule has 0 spiro atoms. The first-order valence-corrected chi connectivity index (χ1v) is 5.42. The van der Waals surface area contributed by atoms with Gasteiger partial charge in [0.05, 0.1) is 5.02 Å². The third-order valence-electron chi connectivity index (χ3n) is 1.95. The summed E-state index contributed by atoms with van der Waals surface area (Å²) in [7, 11) is 0. The molecule has 0 aliphatic rings. The first-order chi connectivity index (χ1) is 9.35. The predicted octanol–water partition coefficient (Wildman–Crippen LogP) is 1.32. The molecule has 0 unspecified atom stereocenters. The standard InChI is InChI=1S/C9H6ClF3N6O/c10-4-2-1-3-14-5(4)6-15-7(17-8(20)16-6)18-19-9(11,12)13/h1-3,19H,(H2,15,16,17,18,20). The molecule has 0 radical (unpaired) electrons. The normalized spacial score (nSPS) is 11.4. The Hall–Kier alpha value is -2.20. The molecular formula is C9H6ClF3N6O. The molecular weight excluding hydrogens is 301 g/mol. The molecule has 0 aromatic carbocycles. The molecule has 2 heterocycles. The SMILES string of the molecule is O=c1nc(NNC(F)(F)F)nc(-c2ncccc2Cl)[nH]1. The molecule has 2 rings (SSSR count). The zero-order valence-corrected chi connectivity index (χ0v) is 10.2. The number of hydrogen-bond acceptors (Lipinski definition) is 6. The number of hydrogen-bond donors (Lipinski definition) is 3. The lowest BCUT2D eigenvalue weighted by Gasteiger charge is -2.10. The van der Waals surface area contributed by atoms with Crippen LogP contribution < -0.4 is 16.5 Å². The molecule has 0 aliphatic carbocycles. The van der Waals surface area contributed by atoms with Gasteiger partial charge in [0.2, 0.25) is 5.95 Å². The smallest absolute Gasteiger partial charge is 0.288 e. The molecule has 0 saturated heterocycles. The molecule has 20 heavy (non-hydrogen) atoms. The predicted molar refractivity (Wildman–Crippen MR) is 63.7 cm³/mol. The van der Waals surface area contributed by atoms with Crippen molar-refractivity contribution >= 4 is 17.5 Å². The number of aromatic amines is 1. The number of alkyl halides is 3. The molecule has 0 fully saturated rings. The van der Waals surface area contributed by atoms with Gasteiger partial charge in [0.25, 0.3) is 0 Å². The second kappa shape index (κ2) is 5.43. The van der Waals surface area contributed by atoms with Gasteiger partial charge in [-0.1, -0.05) is 11.6 Å². The zero-order valence-electron chi connectivity index (χ0n) is 9.49. The zero-order chi connectivity index (χ0) is 14.8. The summed E-state index contributed by atoms with van der Waals surface area (Å²) in [6.07, 6.45) is -3.31. The van der Waals surface area contributed by atoms with Gasteiger partial charge in [0, 0.05) is 6.20 Å². The van der Waals surface area contributed by atoms with Gasteiger partial charge in [0.15, 0.2) is 5.82 Å². The molecule has 2 aromatic heterocycles. The van der Waals surface area contributed by atoms with Crippen LogP contribution in [0.3, 0.4) is 0 Å². The summed E-state index contributed by atoms with van der Waals surface area (Å²) in [5, 5.41) is 0.177. The topological polar surface area (TPSA) is 95.6 Å². The molecule has 0 aliphatic heterocycles. The molecule has 7 nitrogen and oxygen atoms in total. The van der Waals surface area contributed by atoms with Gasteiger partial charge in [-0.3, -0.25) is 15.4 Å². The molecule has 2 aromatic rings. The van der Waals surface area contributed by atoms with E-state index in [1.54, 1.807) is 11.5 Å². The van der Waals surface area contributed by atoms with Crippen LogP contribution in [0.5, 0.6) is 0 Å². The summed E-state index contributed by atoms with van der Waals surface area (Å²) in [6, 6.07) is 3.04. The minimum atomic E-state index is -4.70. The van der Waals surface area contributed by atoms with E-state index in [0.717, 1.165) is 5.43 Å². The summed E-state index contributed by atoms with van der Waals surface area (Å²) < 4.78 is 35.9. The highest BCUT2D eigenvalue weighted by Gasteiger charge is 2.27. The van der Waals surface area contributed by atoms with Crippen LogP contribution >= 0.6 is 11.6 Å². The van der Waals surface area contributed by atoms with Gasteiger partial charge in [-0.05, 0) is 12.1 Å². The van der Waals surface area contributed by atoms with Crippen LogP contribution in [-0.2, 0) is 0 Å². The van der Waals surface area contributed by atoms with Crippen molar-refractivity contribution in [1.29, 1.82) is 0 Å². The van der Waals surface area contributed by atoms with Crippen LogP contribution in [-0.4, -0.2) is 26.2 Å². The Bertz CT molecular complexity index is 673. The third kappa shape index (κ3) is 3.65. The number of pyridine rings is 1.